The summed E-state index contributed by atoms with van der Waals surface area (Å²) in [6, 6.07) is 23.6. The number of ether oxygens (including phenoxy) is 1. The summed E-state index contributed by atoms with van der Waals surface area (Å²) in [5.41, 5.74) is 1.60. The quantitative estimate of drug-likeness (QED) is 0.324. The number of methoxy groups -OCH3 is 1. The summed E-state index contributed by atoms with van der Waals surface area (Å²) < 4.78 is 34.0. The molecule has 0 saturated heterocycles. The molecule has 0 N–H and O–H groups in total. The molecule has 1 aromatic heterocycles. The van der Waals surface area contributed by atoms with E-state index in [1.165, 1.54) is 17.6 Å². The topological polar surface area (TPSA) is 79.8 Å². The first kappa shape index (κ1) is 25.2. The Morgan fingerprint density at radius 3 is 2.31 bits per heavy atom. The van der Waals surface area contributed by atoms with Crippen molar-refractivity contribution < 1.29 is 17.9 Å². The van der Waals surface area contributed by atoms with E-state index in [2.05, 4.69) is 4.98 Å². The second-order valence-electron chi connectivity index (χ2n) is 8.35. The molecule has 0 unspecified atom stereocenters. The number of carbonyl (C=O) groups is 1. The van der Waals surface area contributed by atoms with E-state index in [1.54, 1.807) is 48.2 Å². The zero-order chi connectivity index (χ0) is 25.7. The molecule has 1 amide bonds. The Kier molecular flexibility index (Phi) is 7.55. The maximum Gasteiger partial charge on any atom is 0.264 e. The lowest BCUT2D eigenvalue weighted by atomic mass is 10.1. The van der Waals surface area contributed by atoms with Gasteiger partial charge in [0.15, 0.2) is 0 Å². The van der Waals surface area contributed by atoms with Gasteiger partial charge in [-0.25, -0.2) is 13.4 Å². The Labute approximate surface area is 212 Å². The van der Waals surface area contributed by atoms with Crippen molar-refractivity contribution in [3.05, 3.63) is 96.2 Å². The molecule has 0 bridgehead atoms. The Morgan fingerprint density at radius 1 is 0.917 bits per heavy atom. The van der Waals surface area contributed by atoms with Gasteiger partial charge in [-0.3, -0.25) is 9.10 Å². The lowest BCUT2D eigenvalue weighted by molar-refractivity contribution is 0.0769. The summed E-state index contributed by atoms with van der Waals surface area (Å²) in [5.74, 6) is 0.234. The van der Waals surface area contributed by atoms with E-state index in [4.69, 9.17) is 4.74 Å². The zero-order valence-corrected chi connectivity index (χ0v) is 21.4. The van der Waals surface area contributed by atoms with E-state index < -0.39 is 10.0 Å². The smallest absolute Gasteiger partial charge is 0.264 e. The van der Waals surface area contributed by atoms with Crippen LogP contribution in [0.3, 0.4) is 0 Å². The minimum Gasteiger partial charge on any atom is -0.481 e. The molecule has 0 aliphatic heterocycles. The molecule has 4 aromatic rings. The van der Waals surface area contributed by atoms with E-state index in [1.807, 2.05) is 49.4 Å². The lowest BCUT2D eigenvalue weighted by Crippen LogP contribution is -2.41. The van der Waals surface area contributed by atoms with Crippen LogP contribution in [0.5, 0.6) is 5.88 Å². The van der Waals surface area contributed by atoms with Gasteiger partial charge in [0.2, 0.25) is 5.88 Å². The SMILES string of the molecule is CCN(CCN(c1ccc(OC)nc1)S(=O)(=O)c1ccccc1C)C(=O)c1ccc2ccccc2c1. The number of carbonyl (C=O) groups excluding carboxylic acids is 1. The zero-order valence-electron chi connectivity index (χ0n) is 20.6. The Hall–Kier alpha value is -3.91. The number of aromatic nitrogens is 1. The van der Waals surface area contributed by atoms with E-state index in [0.717, 1.165) is 10.8 Å². The molecule has 3 aromatic carbocycles. The lowest BCUT2D eigenvalue weighted by Gasteiger charge is -2.29. The van der Waals surface area contributed by atoms with Crippen molar-refractivity contribution in [1.29, 1.82) is 0 Å². The number of nitrogens with zero attached hydrogens (tertiary/aromatic N) is 3. The van der Waals surface area contributed by atoms with Crippen molar-refractivity contribution in [3.63, 3.8) is 0 Å². The third kappa shape index (κ3) is 5.18. The summed E-state index contributed by atoms with van der Waals surface area (Å²) >= 11 is 0. The van der Waals surface area contributed by atoms with Crippen molar-refractivity contribution in [3.8, 4) is 5.88 Å². The van der Waals surface area contributed by atoms with Gasteiger partial charge in [0.25, 0.3) is 15.9 Å². The molecule has 0 aliphatic carbocycles. The third-order valence-corrected chi connectivity index (χ3v) is 8.11. The minimum atomic E-state index is -3.91. The van der Waals surface area contributed by atoms with Crippen molar-refractivity contribution >= 4 is 32.4 Å². The Bertz CT molecular complexity index is 1470. The molecule has 0 saturated carbocycles. The number of aryl methyl sites for hydroxylation is 1. The van der Waals surface area contributed by atoms with Crippen LogP contribution < -0.4 is 9.04 Å². The van der Waals surface area contributed by atoms with Gasteiger partial charge < -0.3 is 9.64 Å². The summed E-state index contributed by atoms with van der Waals surface area (Å²) in [5, 5.41) is 2.03. The highest BCUT2D eigenvalue weighted by molar-refractivity contribution is 7.92. The highest BCUT2D eigenvalue weighted by Crippen LogP contribution is 2.26. The van der Waals surface area contributed by atoms with E-state index in [9.17, 15) is 13.2 Å². The van der Waals surface area contributed by atoms with Crippen LogP contribution in [0.25, 0.3) is 10.8 Å². The van der Waals surface area contributed by atoms with E-state index in [0.29, 0.717) is 29.2 Å². The van der Waals surface area contributed by atoms with Crippen LogP contribution in [0.2, 0.25) is 0 Å². The Balaban J connectivity index is 1.64. The molecule has 186 valence electrons. The number of likely N-dealkylation sites (N-methyl/N-ethyl adjacent to an activating group) is 1. The predicted octanol–water partition coefficient (Wildman–Crippen LogP) is 4.91. The number of amides is 1. The van der Waals surface area contributed by atoms with Crippen molar-refractivity contribution in [1.82, 2.24) is 9.88 Å². The second kappa shape index (κ2) is 10.8. The normalized spacial score (nSPS) is 11.3. The summed E-state index contributed by atoms with van der Waals surface area (Å²) in [7, 11) is -2.41. The highest BCUT2D eigenvalue weighted by atomic mass is 32.2. The summed E-state index contributed by atoms with van der Waals surface area (Å²) in [4.78, 5) is 19.4. The number of hydrogen-bond donors (Lipinski definition) is 0. The number of hydrogen-bond acceptors (Lipinski definition) is 5. The average molecular weight is 504 g/mol. The molecule has 1 heterocycles. The van der Waals surface area contributed by atoms with Gasteiger partial charge in [-0.15, -0.1) is 0 Å². The molecule has 0 atom stereocenters. The van der Waals surface area contributed by atoms with Crippen LogP contribution in [-0.4, -0.2) is 51.0 Å². The van der Waals surface area contributed by atoms with Crippen LogP contribution in [0, 0.1) is 6.92 Å². The van der Waals surface area contributed by atoms with Crippen LogP contribution in [0.15, 0.2) is 90.0 Å². The van der Waals surface area contributed by atoms with Crippen LogP contribution >= 0.6 is 0 Å². The van der Waals surface area contributed by atoms with Crippen LogP contribution in [-0.2, 0) is 10.0 Å². The summed E-state index contributed by atoms with van der Waals surface area (Å²) in [6.07, 6.45) is 1.47. The van der Waals surface area contributed by atoms with Gasteiger partial charge in [-0.2, -0.15) is 0 Å². The molecule has 36 heavy (non-hydrogen) atoms. The first-order chi connectivity index (χ1) is 17.3. The number of anilines is 1. The molecule has 4 rings (SSSR count). The fraction of sp³-hybridized carbons (Fsp3) is 0.214. The standard InChI is InChI=1S/C28H29N3O4S/c1-4-30(28(32)24-14-13-22-10-6-7-11-23(22)19-24)17-18-31(25-15-16-27(35-3)29-20-25)36(33,34)26-12-8-5-9-21(26)2/h5-16,19-20H,4,17-18H2,1-3H3. The van der Waals surface area contributed by atoms with Crippen molar-refractivity contribution in [2.24, 2.45) is 0 Å². The average Bonchev–Trinajstić information content (AvgIpc) is 2.90. The fourth-order valence-electron chi connectivity index (χ4n) is 4.11. The van der Waals surface area contributed by atoms with Gasteiger partial charge in [0.05, 0.1) is 30.4 Å². The molecule has 0 fully saturated rings. The molecule has 0 radical (unpaired) electrons. The van der Waals surface area contributed by atoms with Gasteiger partial charge in [-0.1, -0.05) is 48.5 Å². The summed E-state index contributed by atoms with van der Waals surface area (Å²) in [6.45, 7) is 4.36. The van der Waals surface area contributed by atoms with E-state index in [-0.39, 0.29) is 23.9 Å². The van der Waals surface area contributed by atoms with Crippen molar-refractivity contribution in [2.45, 2.75) is 18.7 Å². The molecular weight excluding hydrogens is 474 g/mol. The molecule has 7 nitrogen and oxygen atoms in total. The molecule has 0 aliphatic rings. The number of benzene rings is 3. The predicted molar refractivity (Wildman–Crippen MR) is 142 cm³/mol. The number of sulfonamides is 1. The highest BCUT2D eigenvalue weighted by Gasteiger charge is 2.28. The third-order valence-electron chi connectivity index (χ3n) is 6.12. The van der Waals surface area contributed by atoms with Crippen LogP contribution in [0.4, 0.5) is 5.69 Å². The van der Waals surface area contributed by atoms with Crippen LogP contribution in [0.1, 0.15) is 22.8 Å². The molecular formula is C28H29N3O4S. The van der Waals surface area contributed by atoms with Gasteiger partial charge in [-0.05, 0) is 54.4 Å². The minimum absolute atomic E-state index is 0.0673. The fourth-order valence-corrected chi connectivity index (χ4v) is 5.78. The number of rotatable bonds is 9. The first-order valence-electron chi connectivity index (χ1n) is 11.7. The van der Waals surface area contributed by atoms with Gasteiger partial charge in [0.1, 0.15) is 0 Å². The van der Waals surface area contributed by atoms with Gasteiger partial charge in [0, 0.05) is 24.7 Å². The van der Waals surface area contributed by atoms with Crippen molar-refractivity contribution in [2.75, 3.05) is 31.0 Å². The van der Waals surface area contributed by atoms with E-state index >= 15 is 0 Å². The second-order valence-corrected chi connectivity index (χ2v) is 10.2. The monoisotopic (exact) mass is 503 g/mol. The number of pyridine rings is 1. The van der Waals surface area contributed by atoms with Gasteiger partial charge >= 0.3 is 0 Å². The Morgan fingerprint density at radius 2 is 1.64 bits per heavy atom. The number of fused-ring (bicyclic) bond motifs is 1. The largest absolute Gasteiger partial charge is 0.481 e. The maximum atomic E-state index is 13.8. The first-order valence-corrected chi connectivity index (χ1v) is 13.2. The molecule has 0 spiro atoms. The maximum absolute atomic E-state index is 13.8. The molecule has 8 heteroatoms.